The molecular weight excluding hydrogens is 516 g/mol. The molecule has 0 radical (unpaired) electrons. The Morgan fingerprint density at radius 2 is 1.76 bits per heavy atom. The van der Waals surface area contributed by atoms with E-state index >= 15 is 0 Å². The molecular formula is C26H19BrN2O4S. The van der Waals surface area contributed by atoms with Crippen molar-refractivity contribution in [1.29, 1.82) is 0 Å². The standard InChI is InChI=1S/C26H19BrN2O4S/c1-14-3-12-19-20(13-14)34-26(28-19)29-22(15-4-8-17(27)9-5-15)21(24(31)25(29)32)23(30)16-6-10-18(33-2)11-7-16/h3-13,22,30H,1-2H3/t22-/m0/s1. The number of Topliss-reactive ketones (excluding diaryl/α,β-unsaturated/α-hetero) is 1. The zero-order valence-corrected chi connectivity index (χ0v) is 20.7. The Labute approximate surface area is 208 Å². The van der Waals surface area contributed by atoms with E-state index in [0.29, 0.717) is 22.0 Å². The number of anilines is 1. The highest BCUT2D eigenvalue weighted by Crippen LogP contribution is 2.44. The number of hydrogen-bond donors (Lipinski definition) is 1. The normalized spacial score (nSPS) is 17.5. The molecule has 0 saturated carbocycles. The van der Waals surface area contributed by atoms with Crippen LogP contribution in [0.5, 0.6) is 5.75 Å². The molecule has 2 heterocycles. The maximum atomic E-state index is 13.3. The van der Waals surface area contributed by atoms with Crippen LogP contribution in [-0.4, -0.2) is 28.9 Å². The predicted octanol–water partition coefficient (Wildman–Crippen LogP) is 6.00. The van der Waals surface area contributed by atoms with Crippen molar-refractivity contribution in [3.05, 3.63) is 93.5 Å². The highest BCUT2D eigenvalue weighted by atomic mass is 79.9. The van der Waals surface area contributed by atoms with Gasteiger partial charge in [0.2, 0.25) is 0 Å². The first-order valence-electron chi connectivity index (χ1n) is 10.5. The van der Waals surface area contributed by atoms with Gasteiger partial charge in [0.1, 0.15) is 11.5 Å². The number of fused-ring (bicyclic) bond motifs is 1. The molecule has 1 fully saturated rings. The second-order valence-corrected chi connectivity index (χ2v) is 9.84. The molecule has 34 heavy (non-hydrogen) atoms. The Morgan fingerprint density at radius 3 is 2.44 bits per heavy atom. The molecule has 1 aromatic heterocycles. The maximum Gasteiger partial charge on any atom is 0.301 e. The summed E-state index contributed by atoms with van der Waals surface area (Å²) in [4.78, 5) is 32.6. The van der Waals surface area contributed by atoms with Crippen LogP contribution in [0.4, 0.5) is 5.13 Å². The van der Waals surface area contributed by atoms with Gasteiger partial charge in [0.05, 0.1) is 28.9 Å². The number of benzene rings is 3. The molecule has 1 saturated heterocycles. The number of carbonyl (C=O) groups is 2. The molecule has 0 bridgehead atoms. The molecule has 1 aliphatic rings. The monoisotopic (exact) mass is 534 g/mol. The fraction of sp³-hybridized carbons (Fsp3) is 0.115. The summed E-state index contributed by atoms with van der Waals surface area (Å²) in [6.45, 7) is 1.99. The van der Waals surface area contributed by atoms with Gasteiger partial charge in [-0.3, -0.25) is 14.5 Å². The molecule has 1 atom stereocenters. The summed E-state index contributed by atoms with van der Waals surface area (Å²) < 4.78 is 6.97. The number of aromatic nitrogens is 1. The van der Waals surface area contributed by atoms with Crippen molar-refractivity contribution < 1.29 is 19.4 Å². The van der Waals surface area contributed by atoms with Crippen molar-refractivity contribution in [3.8, 4) is 5.75 Å². The molecule has 0 aliphatic carbocycles. The van der Waals surface area contributed by atoms with Gasteiger partial charge in [0, 0.05) is 10.0 Å². The number of aliphatic hydroxyl groups excluding tert-OH is 1. The SMILES string of the molecule is COc1ccc(C(O)=C2C(=O)C(=O)N(c3nc4ccc(C)cc4s3)[C@H]2c2ccc(Br)cc2)cc1. The number of amides is 1. The zero-order chi connectivity index (χ0) is 24.0. The molecule has 1 amide bonds. The van der Waals surface area contributed by atoms with Crippen molar-refractivity contribution in [2.75, 3.05) is 12.0 Å². The van der Waals surface area contributed by atoms with Gasteiger partial charge >= 0.3 is 5.91 Å². The van der Waals surface area contributed by atoms with E-state index < -0.39 is 17.7 Å². The van der Waals surface area contributed by atoms with Crippen LogP contribution in [0.1, 0.15) is 22.7 Å². The van der Waals surface area contributed by atoms with Crippen LogP contribution >= 0.6 is 27.3 Å². The van der Waals surface area contributed by atoms with E-state index in [-0.39, 0.29) is 11.3 Å². The number of aryl methyl sites for hydroxylation is 1. The molecule has 4 aromatic rings. The van der Waals surface area contributed by atoms with Gasteiger partial charge < -0.3 is 9.84 Å². The summed E-state index contributed by atoms with van der Waals surface area (Å²) in [6, 6.07) is 19.0. The van der Waals surface area contributed by atoms with Gasteiger partial charge in [-0.15, -0.1) is 0 Å². The second kappa shape index (κ2) is 8.70. The minimum Gasteiger partial charge on any atom is -0.507 e. The summed E-state index contributed by atoms with van der Waals surface area (Å²) in [6.07, 6.45) is 0. The fourth-order valence-electron chi connectivity index (χ4n) is 4.02. The summed E-state index contributed by atoms with van der Waals surface area (Å²) in [5, 5.41) is 11.6. The highest BCUT2D eigenvalue weighted by Gasteiger charge is 2.48. The smallest absolute Gasteiger partial charge is 0.301 e. The van der Waals surface area contributed by atoms with Crippen LogP contribution in [0.15, 0.2) is 76.8 Å². The Balaban J connectivity index is 1.71. The predicted molar refractivity (Wildman–Crippen MR) is 136 cm³/mol. The molecule has 0 unspecified atom stereocenters. The lowest BCUT2D eigenvalue weighted by Crippen LogP contribution is -2.29. The number of carbonyl (C=O) groups excluding carboxylic acids is 2. The number of methoxy groups -OCH3 is 1. The minimum absolute atomic E-state index is 0.0212. The first-order valence-corrected chi connectivity index (χ1v) is 12.1. The van der Waals surface area contributed by atoms with Gasteiger partial charge in [-0.2, -0.15) is 0 Å². The molecule has 1 N–H and O–H groups in total. The number of aliphatic hydroxyl groups is 1. The summed E-state index contributed by atoms with van der Waals surface area (Å²) >= 11 is 4.77. The lowest BCUT2D eigenvalue weighted by molar-refractivity contribution is -0.132. The van der Waals surface area contributed by atoms with Crippen LogP contribution in [0.3, 0.4) is 0 Å². The third kappa shape index (κ3) is 3.78. The summed E-state index contributed by atoms with van der Waals surface area (Å²) in [7, 11) is 1.55. The quantitative estimate of drug-likeness (QED) is 0.197. The molecule has 6 nitrogen and oxygen atoms in total. The first kappa shape index (κ1) is 22.3. The Bertz CT molecular complexity index is 1460. The van der Waals surface area contributed by atoms with Crippen molar-refractivity contribution in [1.82, 2.24) is 4.98 Å². The number of nitrogens with zero attached hydrogens (tertiary/aromatic N) is 2. The van der Waals surface area contributed by atoms with Gasteiger partial charge in [-0.25, -0.2) is 4.98 Å². The van der Waals surface area contributed by atoms with E-state index in [0.717, 1.165) is 20.3 Å². The van der Waals surface area contributed by atoms with E-state index in [1.807, 2.05) is 49.4 Å². The summed E-state index contributed by atoms with van der Waals surface area (Å²) in [5.74, 6) is -1.10. The average molecular weight is 535 g/mol. The van der Waals surface area contributed by atoms with Crippen LogP contribution in [0.2, 0.25) is 0 Å². The average Bonchev–Trinajstić information content (AvgIpc) is 3.37. The van der Waals surface area contributed by atoms with E-state index in [1.165, 1.54) is 16.2 Å². The van der Waals surface area contributed by atoms with E-state index in [2.05, 4.69) is 20.9 Å². The molecule has 8 heteroatoms. The molecule has 5 rings (SSSR count). The number of thiazole rings is 1. The zero-order valence-electron chi connectivity index (χ0n) is 18.3. The topological polar surface area (TPSA) is 79.7 Å². The largest absolute Gasteiger partial charge is 0.507 e. The number of ether oxygens (including phenoxy) is 1. The lowest BCUT2D eigenvalue weighted by Gasteiger charge is -2.23. The Kier molecular flexibility index (Phi) is 5.71. The number of ketones is 1. The van der Waals surface area contributed by atoms with Crippen LogP contribution < -0.4 is 9.64 Å². The van der Waals surface area contributed by atoms with Gasteiger partial charge in [0.25, 0.3) is 5.78 Å². The fourth-order valence-corrected chi connectivity index (χ4v) is 5.37. The first-order chi connectivity index (χ1) is 16.4. The van der Waals surface area contributed by atoms with Gasteiger partial charge in [-0.05, 0) is 66.6 Å². The molecule has 170 valence electrons. The molecule has 3 aromatic carbocycles. The van der Waals surface area contributed by atoms with E-state index in [4.69, 9.17) is 4.74 Å². The van der Waals surface area contributed by atoms with E-state index in [1.54, 1.807) is 31.4 Å². The van der Waals surface area contributed by atoms with Crippen molar-refractivity contribution >= 4 is 60.1 Å². The van der Waals surface area contributed by atoms with Gasteiger partial charge in [0.15, 0.2) is 5.13 Å². The second-order valence-electron chi connectivity index (χ2n) is 7.92. The molecule has 0 spiro atoms. The van der Waals surface area contributed by atoms with Gasteiger partial charge in [-0.1, -0.05) is 45.5 Å². The van der Waals surface area contributed by atoms with Crippen LogP contribution in [0.25, 0.3) is 16.0 Å². The maximum absolute atomic E-state index is 13.3. The number of hydrogen-bond acceptors (Lipinski definition) is 6. The number of halogens is 1. The van der Waals surface area contributed by atoms with Crippen molar-refractivity contribution in [2.24, 2.45) is 0 Å². The van der Waals surface area contributed by atoms with Crippen molar-refractivity contribution in [3.63, 3.8) is 0 Å². The third-order valence-corrected chi connectivity index (χ3v) is 7.28. The Morgan fingerprint density at radius 1 is 1.06 bits per heavy atom. The highest BCUT2D eigenvalue weighted by molar-refractivity contribution is 9.10. The summed E-state index contributed by atoms with van der Waals surface area (Å²) in [5.41, 5.74) is 2.95. The van der Waals surface area contributed by atoms with Crippen molar-refractivity contribution in [2.45, 2.75) is 13.0 Å². The molecule has 1 aliphatic heterocycles. The Hall–Kier alpha value is -3.49. The van der Waals surface area contributed by atoms with E-state index in [9.17, 15) is 14.7 Å². The number of rotatable bonds is 4. The van der Waals surface area contributed by atoms with Crippen LogP contribution in [0, 0.1) is 6.92 Å². The third-order valence-electron chi connectivity index (χ3n) is 5.73. The minimum atomic E-state index is -0.822. The lowest BCUT2D eigenvalue weighted by atomic mass is 9.95. The van der Waals surface area contributed by atoms with Crippen LogP contribution in [-0.2, 0) is 9.59 Å².